The maximum Gasteiger partial charge on any atom is 0.332 e. The minimum absolute atomic E-state index is 0.130. The zero-order valence-corrected chi connectivity index (χ0v) is 22.8. The molecule has 0 amide bonds. The molecule has 39 heavy (non-hydrogen) atoms. The number of fused-ring (bicyclic) bond motifs is 3. The van der Waals surface area contributed by atoms with Crippen LogP contribution in [0.25, 0.3) is 32.9 Å². The van der Waals surface area contributed by atoms with Crippen molar-refractivity contribution in [1.29, 1.82) is 0 Å². The van der Waals surface area contributed by atoms with Gasteiger partial charge < -0.3 is 15.4 Å². The second kappa shape index (κ2) is 8.81. The third-order valence-corrected chi connectivity index (χ3v) is 7.67. The monoisotopic (exact) mass is 521 g/mol. The summed E-state index contributed by atoms with van der Waals surface area (Å²) in [6.45, 7) is 4.23. The molecule has 0 unspecified atom stereocenters. The molecule has 0 bridgehead atoms. The number of aromatic nitrogens is 3. The van der Waals surface area contributed by atoms with Crippen molar-refractivity contribution < 1.29 is 4.74 Å². The van der Waals surface area contributed by atoms with E-state index in [0.29, 0.717) is 28.0 Å². The molecule has 1 aliphatic rings. The van der Waals surface area contributed by atoms with Crippen molar-refractivity contribution in [2.45, 2.75) is 32.4 Å². The quantitative estimate of drug-likeness (QED) is 0.377. The SMILES string of the molecule is CN(c1ccc2ccccc2c1)c1nc2c(c(-c3cccc4c3OC(C)(C)C4)c1CN)c(=O)n(C)c(=O)n2C. The molecule has 8 heteroatoms. The second-order valence-corrected chi connectivity index (χ2v) is 10.8. The molecule has 0 saturated carbocycles. The molecule has 0 spiro atoms. The molecule has 6 rings (SSSR count). The van der Waals surface area contributed by atoms with Crippen LogP contribution in [0.3, 0.4) is 0 Å². The van der Waals surface area contributed by atoms with E-state index in [0.717, 1.165) is 44.3 Å². The maximum absolute atomic E-state index is 13.7. The van der Waals surface area contributed by atoms with E-state index >= 15 is 0 Å². The van der Waals surface area contributed by atoms with Crippen LogP contribution in [0.4, 0.5) is 11.5 Å². The number of rotatable bonds is 4. The first-order valence-corrected chi connectivity index (χ1v) is 13.0. The Morgan fingerprint density at radius 3 is 2.49 bits per heavy atom. The highest BCUT2D eigenvalue weighted by Gasteiger charge is 2.34. The molecule has 0 aliphatic carbocycles. The van der Waals surface area contributed by atoms with Gasteiger partial charge in [-0.1, -0.05) is 48.5 Å². The summed E-state index contributed by atoms with van der Waals surface area (Å²) >= 11 is 0. The van der Waals surface area contributed by atoms with E-state index in [1.165, 1.54) is 11.6 Å². The average molecular weight is 522 g/mol. The van der Waals surface area contributed by atoms with Crippen LogP contribution in [-0.4, -0.2) is 26.8 Å². The summed E-state index contributed by atoms with van der Waals surface area (Å²) in [5.41, 5.74) is 9.61. The number of hydrogen-bond acceptors (Lipinski definition) is 6. The normalized spacial score (nSPS) is 14.0. The Bertz CT molecular complexity index is 1920. The predicted molar refractivity (Wildman–Crippen MR) is 156 cm³/mol. The van der Waals surface area contributed by atoms with Crippen LogP contribution in [0.15, 0.2) is 70.3 Å². The van der Waals surface area contributed by atoms with E-state index in [1.54, 1.807) is 7.05 Å². The molecule has 3 aromatic carbocycles. The number of benzene rings is 3. The number of nitrogens with two attached hydrogens (primary N) is 1. The molecule has 3 heterocycles. The fourth-order valence-corrected chi connectivity index (χ4v) is 5.70. The van der Waals surface area contributed by atoms with Crippen molar-refractivity contribution >= 4 is 33.3 Å². The summed E-state index contributed by atoms with van der Waals surface area (Å²) in [5, 5.41) is 2.57. The lowest BCUT2D eigenvalue weighted by Crippen LogP contribution is -2.38. The Morgan fingerprint density at radius 1 is 1.00 bits per heavy atom. The van der Waals surface area contributed by atoms with E-state index < -0.39 is 11.2 Å². The Kier molecular flexibility index (Phi) is 5.62. The molecule has 0 saturated heterocycles. The fourth-order valence-electron chi connectivity index (χ4n) is 5.70. The molecule has 0 fully saturated rings. The highest BCUT2D eigenvalue weighted by molar-refractivity contribution is 5.99. The third-order valence-electron chi connectivity index (χ3n) is 7.67. The van der Waals surface area contributed by atoms with Crippen LogP contribution in [0.2, 0.25) is 0 Å². The lowest BCUT2D eigenvalue weighted by Gasteiger charge is -2.26. The Balaban J connectivity index is 1.72. The topological polar surface area (TPSA) is 95.4 Å². The number of hydrogen-bond donors (Lipinski definition) is 1. The predicted octanol–water partition coefficient (Wildman–Crippen LogP) is 4.39. The van der Waals surface area contributed by atoms with Gasteiger partial charge in [0, 0.05) is 56.5 Å². The first-order chi connectivity index (χ1) is 18.6. The van der Waals surface area contributed by atoms with Crippen molar-refractivity contribution in [1.82, 2.24) is 14.1 Å². The largest absolute Gasteiger partial charge is 0.487 e. The van der Waals surface area contributed by atoms with Gasteiger partial charge in [-0.05, 0) is 42.3 Å². The summed E-state index contributed by atoms with van der Waals surface area (Å²) in [6, 6.07) is 20.3. The summed E-state index contributed by atoms with van der Waals surface area (Å²) in [7, 11) is 5.05. The van der Waals surface area contributed by atoms with Gasteiger partial charge in [0.25, 0.3) is 5.56 Å². The van der Waals surface area contributed by atoms with Crippen molar-refractivity contribution in [3.63, 3.8) is 0 Å². The van der Waals surface area contributed by atoms with Crippen LogP contribution in [-0.2, 0) is 27.1 Å². The first kappa shape index (κ1) is 24.9. The third kappa shape index (κ3) is 3.82. The van der Waals surface area contributed by atoms with Crippen LogP contribution in [0, 0.1) is 0 Å². The molecule has 1 aliphatic heterocycles. The van der Waals surface area contributed by atoms with Gasteiger partial charge in [0.2, 0.25) is 0 Å². The van der Waals surface area contributed by atoms with Crippen LogP contribution in [0.1, 0.15) is 25.0 Å². The Hall–Kier alpha value is -4.43. The van der Waals surface area contributed by atoms with E-state index in [2.05, 4.69) is 30.3 Å². The average Bonchev–Trinajstić information content (AvgIpc) is 3.27. The van der Waals surface area contributed by atoms with E-state index in [1.807, 2.05) is 56.1 Å². The molecule has 198 valence electrons. The Morgan fingerprint density at radius 2 is 1.74 bits per heavy atom. The molecular weight excluding hydrogens is 490 g/mol. The number of para-hydroxylation sites is 1. The zero-order valence-electron chi connectivity index (χ0n) is 22.8. The van der Waals surface area contributed by atoms with Crippen LogP contribution >= 0.6 is 0 Å². The number of anilines is 2. The first-order valence-electron chi connectivity index (χ1n) is 13.0. The smallest absolute Gasteiger partial charge is 0.332 e. The second-order valence-electron chi connectivity index (χ2n) is 10.8. The lowest BCUT2D eigenvalue weighted by molar-refractivity contribution is 0.139. The van der Waals surface area contributed by atoms with Gasteiger partial charge in [-0.25, -0.2) is 9.78 Å². The van der Waals surface area contributed by atoms with Gasteiger partial charge in [0.15, 0.2) is 5.65 Å². The molecule has 2 aromatic heterocycles. The number of ether oxygens (including phenoxy) is 1. The van der Waals surface area contributed by atoms with Crippen molar-refractivity contribution in [2.75, 3.05) is 11.9 Å². The highest BCUT2D eigenvalue weighted by Crippen LogP contribution is 2.46. The van der Waals surface area contributed by atoms with Gasteiger partial charge in [-0.3, -0.25) is 13.9 Å². The van der Waals surface area contributed by atoms with Crippen LogP contribution < -0.4 is 26.6 Å². The molecule has 2 N–H and O–H groups in total. The van der Waals surface area contributed by atoms with Gasteiger partial charge in [-0.15, -0.1) is 0 Å². The summed E-state index contributed by atoms with van der Waals surface area (Å²) in [5.74, 6) is 1.31. The number of pyridine rings is 1. The minimum Gasteiger partial charge on any atom is -0.487 e. The zero-order chi connectivity index (χ0) is 27.6. The molecule has 8 nitrogen and oxygen atoms in total. The highest BCUT2D eigenvalue weighted by atomic mass is 16.5. The van der Waals surface area contributed by atoms with Crippen molar-refractivity contribution in [3.8, 4) is 16.9 Å². The summed E-state index contributed by atoms with van der Waals surface area (Å²) < 4.78 is 8.98. The Labute approximate surface area is 225 Å². The van der Waals surface area contributed by atoms with Gasteiger partial charge >= 0.3 is 5.69 Å². The standard InChI is InChI=1S/C31H31N5O3/c1-31(2)16-20-11-8-12-22(26(20)39-31)24-23(17-32)27(33-28-25(24)29(37)36(5)30(38)35(28)4)34(3)21-14-13-18-9-6-7-10-19(18)15-21/h6-15H,16-17,32H2,1-5H3. The number of aryl methyl sites for hydroxylation is 1. The van der Waals surface area contributed by atoms with Crippen molar-refractivity contribution in [3.05, 3.63) is 92.6 Å². The molecule has 0 radical (unpaired) electrons. The van der Waals surface area contributed by atoms with Gasteiger partial charge in [0.05, 0.1) is 5.39 Å². The maximum atomic E-state index is 13.7. The lowest BCUT2D eigenvalue weighted by atomic mass is 9.93. The van der Waals surface area contributed by atoms with Gasteiger partial charge in [0.1, 0.15) is 17.2 Å². The van der Waals surface area contributed by atoms with E-state index in [4.69, 9.17) is 15.5 Å². The number of nitrogens with zero attached hydrogens (tertiary/aromatic N) is 4. The van der Waals surface area contributed by atoms with E-state index in [-0.39, 0.29) is 12.1 Å². The summed E-state index contributed by atoms with van der Waals surface area (Å²) in [4.78, 5) is 33.6. The molecule has 5 aromatic rings. The van der Waals surface area contributed by atoms with Crippen molar-refractivity contribution in [2.24, 2.45) is 19.8 Å². The van der Waals surface area contributed by atoms with Gasteiger partial charge in [-0.2, -0.15) is 0 Å². The van der Waals surface area contributed by atoms with E-state index in [9.17, 15) is 9.59 Å². The fraction of sp³-hybridized carbons (Fsp3) is 0.258. The minimum atomic E-state index is -0.443. The molecular formula is C31H31N5O3. The van der Waals surface area contributed by atoms with Crippen LogP contribution in [0.5, 0.6) is 5.75 Å². The molecule has 0 atom stereocenters. The summed E-state index contributed by atoms with van der Waals surface area (Å²) in [6.07, 6.45) is 0.748.